The third-order valence-electron chi connectivity index (χ3n) is 5.52. The molecule has 2 nitrogen and oxygen atoms in total. The van der Waals surface area contributed by atoms with Gasteiger partial charge in [-0.3, -0.25) is 0 Å². The van der Waals surface area contributed by atoms with E-state index in [0.29, 0.717) is 11.8 Å². The van der Waals surface area contributed by atoms with Crippen LogP contribution >= 0.6 is 0 Å². The molecule has 23 heavy (non-hydrogen) atoms. The maximum atomic E-state index is 12.2. The van der Waals surface area contributed by atoms with E-state index in [2.05, 4.69) is 60.7 Å². The predicted octanol–water partition coefficient (Wildman–Crippen LogP) is 4.66. The molecule has 0 saturated carbocycles. The second-order valence-corrected chi connectivity index (χ2v) is 7.15. The summed E-state index contributed by atoms with van der Waals surface area (Å²) in [7, 11) is 1.81. The maximum Gasteiger partial charge on any atom is 0.0784 e. The molecule has 2 aromatic rings. The molecule has 1 aliphatic carbocycles. The normalized spacial score (nSPS) is 27.1. The van der Waals surface area contributed by atoms with Crippen LogP contribution in [0.15, 0.2) is 48.5 Å². The van der Waals surface area contributed by atoms with Crippen LogP contribution in [0, 0.1) is 11.1 Å². The van der Waals surface area contributed by atoms with Crippen LogP contribution in [0.2, 0.25) is 0 Å². The Bertz CT molecular complexity index is 688. The van der Waals surface area contributed by atoms with Crippen LogP contribution in [0.3, 0.4) is 0 Å². The standard InChI is InChI=1S/C21H23NO/c1-22(23)14-12-18(13-15-22)21-19-8-4-2-6-16(19)10-11-17-7-3-5-9-20(17)21/h2-11,18,21H,12-15H2,1H3. The molecular formula is C21H23NO. The van der Waals surface area contributed by atoms with Crippen LogP contribution in [0.5, 0.6) is 0 Å². The number of nitrogens with zero attached hydrogens (tertiary/aromatic N) is 1. The summed E-state index contributed by atoms with van der Waals surface area (Å²) in [4.78, 5) is 0. The molecule has 0 spiro atoms. The zero-order valence-corrected chi connectivity index (χ0v) is 13.6. The topological polar surface area (TPSA) is 23.1 Å². The highest BCUT2D eigenvalue weighted by Crippen LogP contribution is 2.43. The van der Waals surface area contributed by atoms with Crippen LogP contribution < -0.4 is 0 Å². The van der Waals surface area contributed by atoms with Crippen LogP contribution in [0.1, 0.15) is 41.0 Å². The van der Waals surface area contributed by atoms with E-state index in [1.807, 2.05) is 7.05 Å². The van der Waals surface area contributed by atoms with Crippen LogP contribution in [-0.4, -0.2) is 24.8 Å². The summed E-state index contributed by atoms with van der Waals surface area (Å²) in [6.45, 7) is 1.47. The summed E-state index contributed by atoms with van der Waals surface area (Å²) in [5.74, 6) is 0.954. The zero-order chi connectivity index (χ0) is 15.9. The Hall–Kier alpha value is -1.90. The maximum absolute atomic E-state index is 12.2. The monoisotopic (exact) mass is 305 g/mol. The number of piperidine rings is 1. The van der Waals surface area contributed by atoms with Gasteiger partial charge in [-0.1, -0.05) is 60.7 Å². The second-order valence-electron chi connectivity index (χ2n) is 7.15. The van der Waals surface area contributed by atoms with Gasteiger partial charge in [0.2, 0.25) is 0 Å². The average molecular weight is 305 g/mol. The molecule has 1 fully saturated rings. The second kappa shape index (κ2) is 5.63. The quantitative estimate of drug-likeness (QED) is 0.555. The van der Waals surface area contributed by atoms with Gasteiger partial charge in [0.25, 0.3) is 0 Å². The molecule has 0 unspecified atom stereocenters. The summed E-state index contributed by atoms with van der Waals surface area (Å²) >= 11 is 0. The molecule has 118 valence electrons. The van der Waals surface area contributed by atoms with Crippen molar-refractivity contribution in [3.8, 4) is 0 Å². The highest BCUT2D eigenvalue weighted by Gasteiger charge is 2.33. The smallest absolute Gasteiger partial charge is 0.0784 e. The van der Waals surface area contributed by atoms with E-state index in [1.54, 1.807) is 0 Å². The van der Waals surface area contributed by atoms with E-state index in [0.717, 1.165) is 25.9 Å². The van der Waals surface area contributed by atoms with E-state index in [4.69, 9.17) is 0 Å². The Morgan fingerprint density at radius 3 is 1.83 bits per heavy atom. The van der Waals surface area contributed by atoms with Gasteiger partial charge in [0.05, 0.1) is 20.1 Å². The minimum absolute atomic E-state index is 0.0786. The summed E-state index contributed by atoms with van der Waals surface area (Å²) in [5.41, 5.74) is 5.47. The summed E-state index contributed by atoms with van der Waals surface area (Å²) < 4.78 is -0.0786. The lowest BCUT2D eigenvalue weighted by Gasteiger charge is -2.46. The van der Waals surface area contributed by atoms with Crippen molar-refractivity contribution < 1.29 is 4.65 Å². The van der Waals surface area contributed by atoms with Gasteiger partial charge in [0, 0.05) is 18.8 Å². The molecule has 0 aromatic heterocycles. The fraction of sp³-hybridized carbons (Fsp3) is 0.333. The van der Waals surface area contributed by atoms with E-state index < -0.39 is 0 Å². The van der Waals surface area contributed by atoms with E-state index in [9.17, 15) is 5.21 Å². The Morgan fingerprint density at radius 2 is 1.30 bits per heavy atom. The summed E-state index contributed by atoms with van der Waals surface area (Å²) in [6.07, 6.45) is 6.50. The SMILES string of the molecule is C[N+]1([O-])CCC(C2c3ccccc3C=Cc3ccccc32)CC1. The third kappa shape index (κ3) is 2.73. The lowest BCUT2D eigenvalue weighted by molar-refractivity contribution is -0.867. The van der Waals surface area contributed by atoms with Gasteiger partial charge in [0.1, 0.15) is 0 Å². The van der Waals surface area contributed by atoms with Crippen LogP contribution in [0.25, 0.3) is 12.2 Å². The molecule has 0 bridgehead atoms. The Balaban J connectivity index is 1.80. The first-order valence-electron chi connectivity index (χ1n) is 8.55. The molecule has 0 atom stereocenters. The molecule has 0 radical (unpaired) electrons. The molecule has 2 aromatic carbocycles. The van der Waals surface area contributed by atoms with Gasteiger partial charge in [0.15, 0.2) is 0 Å². The van der Waals surface area contributed by atoms with Gasteiger partial charge in [-0.25, -0.2) is 0 Å². The third-order valence-corrected chi connectivity index (χ3v) is 5.52. The number of hydroxylamine groups is 3. The predicted molar refractivity (Wildman–Crippen MR) is 95.7 cm³/mol. The number of rotatable bonds is 1. The molecule has 2 aliphatic rings. The van der Waals surface area contributed by atoms with Crippen molar-refractivity contribution in [1.29, 1.82) is 0 Å². The molecule has 1 aliphatic heterocycles. The van der Waals surface area contributed by atoms with Crippen molar-refractivity contribution in [1.82, 2.24) is 0 Å². The Labute approximate surface area is 138 Å². The number of fused-ring (bicyclic) bond motifs is 2. The molecule has 2 heteroatoms. The molecular weight excluding hydrogens is 282 g/mol. The number of hydrogen-bond acceptors (Lipinski definition) is 1. The van der Waals surface area contributed by atoms with Gasteiger partial charge in [-0.05, 0) is 28.2 Å². The van der Waals surface area contributed by atoms with Crippen molar-refractivity contribution in [3.63, 3.8) is 0 Å². The number of benzene rings is 2. The van der Waals surface area contributed by atoms with E-state index in [1.165, 1.54) is 22.3 Å². The fourth-order valence-electron chi connectivity index (χ4n) is 4.21. The largest absolute Gasteiger partial charge is 0.633 e. The van der Waals surface area contributed by atoms with Crippen molar-refractivity contribution in [2.45, 2.75) is 18.8 Å². The number of quaternary nitrogens is 1. The number of hydrogen-bond donors (Lipinski definition) is 0. The summed E-state index contributed by atoms with van der Waals surface area (Å²) in [5, 5.41) is 12.2. The van der Waals surface area contributed by atoms with Crippen molar-refractivity contribution in [2.24, 2.45) is 5.92 Å². The molecule has 1 heterocycles. The Morgan fingerprint density at radius 1 is 0.826 bits per heavy atom. The van der Waals surface area contributed by atoms with E-state index >= 15 is 0 Å². The van der Waals surface area contributed by atoms with Gasteiger partial charge < -0.3 is 9.85 Å². The van der Waals surface area contributed by atoms with E-state index in [-0.39, 0.29) is 4.65 Å². The first-order valence-corrected chi connectivity index (χ1v) is 8.55. The first-order chi connectivity index (χ1) is 11.1. The lowest BCUT2D eigenvalue weighted by atomic mass is 9.74. The zero-order valence-electron chi connectivity index (χ0n) is 13.6. The van der Waals surface area contributed by atoms with Crippen molar-refractivity contribution in [2.75, 3.05) is 20.1 Å². The van der Waals surface area contributed by atoms with Crippen LogP contribution in [0.4, 0.5) is 0 Å². The highest BCUT2D eigenvalue weighted by atomic mass is 16.5. The molecule has 4 rings (SSSR count). The molecule has 0 N–H and O–H groups in total. The van der Waals surface area contributed by atoms with Crippen molar-refractivity contribution in [3.05, 3.63) is 76.0 Å². The van der Waals surface area contributed by atoms with Gasteiger partial charge >= 0.3 is 0 Å². The number of likely N-dealkylation sites (tertiary alicyclic amines) is 1. The first kappa shape index (κ1) is 14.7. The van der Waals surface area contributed by atoms with Crippen molar-refractivity contribution >= 4 is 12.2 Å². The molecule has 0 amide bonds. The van der Waals surface area contributed by atoms with Crippen LogP contribution in [-0.2, 0) is 0 Å². The van der Waals surface area contributed by atoms with Gasteiger partial charge in [-0.15, -0.1) is 0 Å². The fourth-order valence-corrected chi connectivity index (χ4v) is 4.21. The average Bonchev–Trinajstić information content (AvgIpc) is 2.72. The minimum atomic E-state index is -0.0786. The van der Waals surface area contributed by atoms with Gasteiger partial charge in [-0.2, -0.15) is 0 Å². The minimum Gasteiger partial charge on any atom is -0.633 e. The molecule has 1 saturated heterocycles. The Kier molecular flexibility index (Phi) is 3.59. The summed E-state index contributed by atoms with van der Waals surface area (Å²) in [6, 6.07) is 17.5. The highest BCUT2D eigenvalue weighted by molar-refractivity contribution is 5.76. The lowest BCUT2D eigenvalue weighted by Crippen LogP contribution is -2.45.